The first kappa shape index (κ1) is 18.9. The molecule has 8 heteroatoms. The van der Waals surface area contributed by atoms with Crippen LogP contribution in [-0.2, 0) is 10.0 Å². The minimum atomic E-state index is -3.45. The van der Waals surface area contributed by atoms with Crippen molar-refractivity contribution in [2.75, 3.05) is 20.1 Å². The number of hydrogen-bond acceptors (Lipinski definition) is 5. The third-order valence-corrected chi connectivity index (χ3v) is 6.10. The lowest BCUT2D eigenvalue weighted by Gasteiger charge is -2.23. The first-order valence-corrected chi connectivity index (χ1v) is 9.15. The third-order valence-electron chi connectivity index (χ3n) is 4.14. The Balaban J connectivity index is 0.00000208. The molecule has 1 aliphatic rings. The minimum absolute atomic E-state index is 0. The molecule has 1 aliphatic heterocycles. The number of likely N-dealkylation sites (N-methyl/N-ethyl adjacent to an activating group) is 1. The number of halogens is 1. The fraction of sp³-hybridized carbons (Fsp3) is 0.438. The molecular weight excluding hydrogens is 350 g/mol. The summed E-state index contributed by atoms with van der Waals surface area (Å²) in [7, 11) is -1.61. The lowest BCUT2D eigenvalue weighted by Crippen LogP contribution is -2.40. The van der Waals surface area contributed by atoms with Crippen LogP contribution >= 0.6 is 12.4 Å². The highest BCUT2D eigenvalue weighted by Crippen LogP contribution is 2.27. The molecule has 1 fully saturated rings. The van der Waals surface area contributed by atoms with Crippen LogP contribution in [0.1, 0.15) is 18.7 Å². The van der Waals surface area contributed by atoms with Crippen LogP contribution in [0.3, 0.4) is 0 Å². The number of aryl methyl sites for hydroxylation is 1. The highest BCUT2D eigenvalue weighted by Gasteiger charge is 2.34. The van der Waals surface area contributed by atoms with E-state index in [2.05, 4.69) is 10.3 Å². The SMILES string of the molecule is CNCC1CCCN1S(=O)(=O)c1ccc(-c2coc(C)n2)cc1.Cl. The molecule has 1 aromatic heterocycles. The van der Waals surface area contributed by atoms with Gasteiger partial charge in [0.2, 0.25) is 10.0 Å². The lowest BCUT2D eigenvalue weighted by molar-refractivity contribution is 0.379. The fourth-order valence-corrected chi connectivity index (χ4v) is 4.69. The zero-order valence-corrected chi connectivity index (χ0v) is 15.4. The molecule has 1 aromatic carbocycles. The van der Waals surface area contributed by atoms with Crippen LogP contribution in [0, 0.1) is 6.92 Å². The van der Waals surface area contributed by atoms with Gasteiger partial charge in [0.25, 0.3) is 0 Å². The Morgan fingerprint density at radius 3 is 2.62 bits per heavy atom. The summed E-state index contributed by atoms with van der Waals surface area (Å²) in [5, 5.41) is 3.07. The molecule has 0 aliphatic carbocycles. The standard InChI is InChI=1S/C16H21N3O3S.ClH/c1-12-18-16(11-22-12)13-5-7-15(8-6-13)23(20,21)19-9-3-4-14(19)10-17-2;/h5-8,11,14,17H,3-4,9-10H2,1-2H3;1H. The van der Waals surface area contributed by atoms with Crippen LogP contribution in [0.15, 0.2) is 39.8 Å². The van der Waals surface area contributed by atoms with Crippen molar-refractivity contribution < 1.29 is 12.8 Å². The molecule has 2 heterocycles. The summed E-state index contributed by atoms with van der Waals surface area (Å²) in [6.45, 7) is 3.03. The van der Waals surface area contributed by atoms with Gasteiger partial charge < -0.3 is 9.73 Å². The molecule has 0 bridgehead atoms. The predicted molar refractivity (Wildman–Crippen MR) is 94.8 cm³/mol. The van der Waals surface area contributed by atoms with Crippen molar-refractivity contribution in [2.45, 2.75) is 30.7 Å². The number of benzene rings is 1. The van der Waals surface area contributed by atoms with Crippen LogP contribution in [0.4, 0.5) is 0 Å². The minimum Gasteiger partial charge on any atom is -0.449 e. The summed E-state index contributed by atoms with van der Waals surface area (Å²) >= 11 is 0. The van der Waals surface area contributed by atoms with Gasteiger partial charge in [0.1, 0.15) is 12.0 Å². The van der Waals surface area contributed by atoms with Gasteiger partial charge in [-0.1, -0.05) is 12.1 Å². The van der Waals surface area contributed by atoms with E-state index in [4.69, 9.17) is 4.42 Å². The molecule has 0 saturated carbocycles. The van der Waals surface area contributed by atoms with Gasteiger partial charge >= 0.3 is 0 Å². The molecule has 1 unspecified atom stereocenters. The molecule has 24 heavy (non-hydrogen) atoms. The van der Waals surface area contributed by atoms with Crippen LogP contribution in [0.25, 0.3) is 11.3 Å². The molecule has 1 saturated heterocycles. The first-order chi connectivity index (χ1) is 11.0. The second kappa shape index (κ2) is 7.65. The molecule has 132 valence electrons. The van der Waals surface area contributed by atoms with E-state index < -0.39 is 10.0 Å². The topological polar surface area (TPSA) is 75.4 Å². The summed E-state index contributed by atoms with van der Waals surface area (Å²) in [5.41, 5.74) is 1.55. The summed E-state index contributed by atoms with van der Waals surface area (Å²) < 4.78 is 32.5. The van der Waals surface area contributed by atoms with Crippen molar-refractivity contribution in [1.29, 1.82) is 0 Å². The molecule has 0 radical (unpaired) electrons. The van der Waals surface area contributed by atoms with Gasteiger partial charge in [-0.2, -0.15) is 4.31 Å². The zero-order chi connectivity index (χ0) is 16.4. The van der Waals surface area contributed by atoms with E-state index in [1.54, 1.807) is 41.8 Å². The van der Waals surface area contributed by atoms with Gasteiger partial charge in [-0.25, -0.2) is 13.4 Å². The van der Waals surface area contributed by atoms with E-state index >= 15 is 0 Å². The smallest absolute Gasteiger partial charge is 0.243 e. The molecule has 0 spiro atoms. The first-order valence-electron chi connectivity index (χ1n) is 7.71. The maximum absolute atomic E-state index is 12.8. The van der Waals surface area contributed by atoms with Gasteiger partial charge in [-0.05, 0) is 32.0 Å². The van der Waals surface area contributed by atoms with Crippen molar-refractivity contribution in [2.24, 2.45) is 0 Å². The van der Waals surface area contributed by atoms with Gasteiger partial charge in [0.15, 0.2) is 5.89 Å². The van der Waals surface area contributed by atoms with Gasteiger partial charge in [0, 0.05) is 31.6 Å². The van der Waals surface area contributed by atoms with E-state index in [1.165, 1.54) is 0 Å². The summed E-state index contributed by atoms with van der Waals surface area (Å²) in [5.74, 6) is 0.587. The van der Waals surface area contributed by atoms with Gasteiger partial charge in [-0.15, -0.1) is 12.4 Å². The van der Waals surface area contributed by atoms with E-state index in [9.17, 15) is 8.42 Å². The maximum Gasteiger partial charge on any atom is 0.243 e. The van der Waals surface area contributed by atoms with Crippen molar-refractivity contribution in [3.8, 4) is 11.3 Å². The third kappa shape index (κ3) is 3.64. The van der Waals surface area contributed by atoms with Crippen LogP contribution in [0.5, 0.6) is 0 Å². The summed E-state index contributed by atoms with van der Waals surface area (Å²) in [6.07, 6.45) is 3.38. The quantitative estimate of drug-likeness (QED) is 0.873. The van der Waals surface area contributed by atoms with E-state index in [0.29, 0.717) is 29.6 Å². The Hall–Kier alpha value is -1.41. The van der Waals surface area contributed by atoms with Crippen molar-refractivity contribution in [3.05, 3.63) is 36.4 Å². The summed E-state index contributed by atoms with van der Waals surface area (Å²) in [6, 6.07) is 6.86. The van der Waals surface area contributed by atoms with Gasteiger partial charge in [-0.3, -0.25) is 0 Å². The number of oxazole rings is 1. The maximum atomic E-state index is 12.8. The second-order valence-corrected chi connectivity index (χ2v) is 7.64. The zero-order valence-electron chi connectivity index (χ0n) is 13.7. The largest absolute Gasteiger partial charge is 0.449 e. The fourth-order valence-electron chi connectivity index (χ4n) is 2.99. The number of hydrogen-bond donors (Lipinski definition) is 1. The Labute approximate surface area is 148 Å². The van der Waals surface area contributed by atoms with E-state index in [0.717, 1.165) is 18.4 Å². The Kier molecular flexibility index (Phi) is 6.03. The summed E-state index contributed by atoms with van der Waals surface area (Å²) in [4.78, 5) is 4.58. The molecule has 3 rings (SSSR count). The Bertz CT molecular complexity index is 774. The van der Waals surface area contributed by atoms with Crippen molar-refractivity contribution >= 4 is 22.4 Å². The molecule has 2 aromatic rings. The van der Waals surface area contributed by atoms with E-state index in [-0.39, 0.29) is 18.4 Å². The average Bonchev–Trinajstić information content (AvgIpc) is 3.17. The van der Waals surface area contributed by atoms with Crippen LogP contribution in [0.2, 0.25) is 0 Å². The Morgan fingerprint density at radius 2 is 2.04 bits per heavy atom. The normalized spacial score (nSPS) is 18.5. The molecule has 6 nitrogen and oxygen atoms in total. The van der Waals surface area contributed by atoms with Crippen LogP contribution < -0.4 is 5.32 Å². The van der Waals surface area contributed by atoms with E-state index in [1.807, 2.05) is 7.05 Å². The Morgan fingerprint density at radius 1 is 1.33 bits per heavy atom. The van der Waals surface area contributed by atoms with Gasteiger partial charge in [0.05, 0.1) is 4.90 Å². The monoisotopic (exact) mass is 371 g/mol. The number of aromatic nitrogens is 1. The molecule has 0 amide bonds. The van der Waals surface area contributed by atoms with Crippen molar-refractivity contribution in [3.63, 3.8) is 0 Å². The average molecular weight is 372 g/mol. The number of nitrogens with one attached hydrogen (secondary N) is 1. The second-order valence-electron chi connectivity index (χ2n) is 5.75. The molecule has 1 atom stereocenters. The predicted octanol–water partition coefficient (Wildman–Crippen LogP) is 2.44. The highest BCUT2D eigenvalue weighted by molar-refractivity contribution is 7.89. The number of sulfonamides is 1. The number of nitrogens with zero attached hydrogens (tertiary/aromatic N) is 2. The van der Waals surface area contributed by atoms with Crippen LogP contribution in [-0.4, -0.2) is 43.9 Å². The number of rotatable bonds is 5. The molecule has 1 N–H and O–H groups in total. The van der Waals surface area contributed by atoms with Crippen molar-refractivity contribution in [1.82, 2.24) is 14.6 Å². The molecular formula is C16H22ClN3O3S. The lowest BCUT2D eigenvalue weighted by atomic mass is 10.2. The highest BCUT2D eigenvalue weighted by atomic mass is 35.5.